The third-order valence-electron chi connectivity index (χ3n) is 4.04. The van der Waals surface area contributed by atoms with E-state index in [1.165, 1.54) is 0 Å². The quantitative estimate of drug-likeness (QED) is 0.842. The van der Waals surface area contributed by atoms with Crippen molar-refractivity contribution in [3.8, 4) is 11.5 Å². The molecule has 0 bridgehead atoms. The van der Waals surface area contributed by atoms with Crippen molar-refractivity contribution in [1.82, 2.24) is 0 Å². The number of rotatable bonds is 6. The zero-order valence-corrected chi connectivity index (χ0v) is 13.9. The van der Waals surface area contributed by atoms with Crippen molar-refractivity contribution in [2.75, 3.05) is 25.6 Å². The van der Waals surface area contributed by atoms with E-state index in [9.17, 15) is 4.79 Å². The molecular formula is C16H25ClN2O3. The number of hydrogen-bond acceptors (Lipinski definition) is 4. The Labute approximate surface area is 138 Å². The molecule has 0 heterocycles. The predicted molar refractivity (Wildman–Crippen MR) is 89.9 cm³/mol. The van der Waals surface area contributed by atoms with E-state index < -0.39 is 0 Å². The van der Waals surface area contributed by atoms with Crippen LogP contribution in [0, 0.1) is 11.8 Å². The van der Waals surface area contributed by atoms with Crippen molar-refractivity contribution in [1.29, 1.82) is 0 Å². The Hall–Kier alpha value is -1.46. The number of carbonyl (C=O) groups excluding carboxylic acids is 1. The predicted octanol–water partition coefficient (Wildman–Crippen LogP) is 2.83. The lowest BCUT2D eigenvalue weighted by atomic mass is 9.95. The molecule has 1 aliphatic carbocycles. The number of carbonyl (C=O) groups is 1. The van der Waals surface area contributed by atoms with Crippen LogP contribution in [-0.4, -0.2) is 26.2 Å². The molecule has 1 aromatic carbocycles. The van der Waals surface area contributed by atoms with Gasteiger partial charge in [0, 0.05) is 12.0 Å². The molecule has 1 amide bonds. The molecule has 22 heavy (non-hydrogen) atoms. The Morgan fingerprint density at radius 2 is 2.18 bits per heavy atom. The number of anilines is 1. The van der Waals surface area contributed by atoms with Crippen molar-refractivity contribution in [2.45, 2.75) is 26.2 Å². The Morgan fingerprint density at radius 1 is 1.41 bits per heavy atom. The molecule has 0 unspecified atom stereocenters. The number of benzene rings is 1. The average molecular weight is 329 g/mol. The Balaban J connectivity index is 0.00000242. The summed E-state index contributed by atoms with van der Waals surface area (Å²) in [7, 11) is 1.60. The van der Waals surface area contributed by atoms with Crippen LogP contribution in [0.25, 0.3) is 0 Å². The van der Waals surface area contributed by atoms with E-state index in [0.717, 1.165) is 19.3 Å². The molecule has 0 aromatic heterocycles. The minimum absolute atomic E-state index is 0. The summed E-state index contributed by atoms with van der Waals surface area (Å²) in [6, 6.07) is 5.42. The Kier molecular flexibility index (Phi) is 7.48. The minimum Gasteiger partial charge on any atom is -0.497 e. The molecule has 2 rings (SSSR count). The molecule has 124 valence electrons. The zero-order valence-electron chi connectivity index (χ0n) is 13.1. The molecule has 3 N–H and O–H groups in total. The van der Waals surface area contributed by atoms with Gasteiger partial charge in [-0.15, -0.1) is 12.4 Å². The monoisotopic (exact) mass is 328 g/mol. The van der Waals surface area contributed by atoms with Gasteiger partial charge in [0.05, 0.1) is 19.4 Å². The van der Waals surface area contributed by atoms with Crippen LogP contribution in [-0.2, 0) is 4.79 Å². The molecule has 0 saturated heterocycles. The number of hydrogen-bond donors (Lipinski definition) is 2. The van der Waals surface area contributed by atoms with E-state index >= 15 is 0 Å². The van der Waals surface area contributed by atoms with Gasteiger partial charge < -0.3 is 20.5 Å². The summed E-state index contributed by atoms with van der Waals surface area (Å²) in [5.41, 5.74) is 6.41. The summed E-state index contributed by atoms with van der Waals surface area (Å²) < 4.78 is 10.8. The third-order valence-corrected chi connectivity index (χ3v) is 4.04. The molecule has 6 heteroatoms. The lowest BCUT2D eigenvalue weighted by molar-refractivity contribution is -0.120. The van der Waals surface area contributed by atoms with Crippen molar-refractivity contribution in [3.63, 3.8) is 0 Å². The van der Waals surface area contributed by atoms with Gasteiger partial charge in [-0.05, 0) is 44.4 Å². The molecule has 0 radical (unpaired) electrons. The third kappa shape index (κ3) is 4.27. The first-order valence-electron chi connectivity index (χ1n) is 7.51. The van der Waals surface area contributed by atoms with E-state index in [1.54, 1.807) is 13.2 Å². The number of ether oxygens (including phenoxy) is 2. The van der Waals surface area contributed by atoms with Crippen molar-refractivity contribution in [2.24, 2.45) is 17.6 Å². The van der Waals surface area contributed by atoms with Crippen LogP contribution in [0.4, 0.5) is 5.69 Å². The number of methoxy groups -OCH3 is 1. The molecule has 2 atom stereocenters. The van der Waals surface area contributed by atoms with Gasteiger partial charge in [0.15, 0.2) is 0 Å². The van der Waals surface area contributed by atoms with Crippen LogP contribution in [0.1, 0.15) is 26.2 Å². The Bertz CT molecular complexity index is 496. The zero-order chi connectivity index (χ0) is 15.2. The first-order valence-corrected chi connectivity index (χ1v) is 7.51. The lowest BCUT2D eigenvalue weighted by Crippen LogP contribution is -2.29. The highest BCUT2D eigenvalue weighted by Gasteiger charge is 2.32. The normalized spacial score (nSPS) is 20.1. The molecular weight excluding hydrogens is 304 g/mol. The molecule has 0 spiro atoms. The number of amides is 1. The van der Waals surface area contributed by atoms with Crippen LogP contribution in [0.2, 0.25) is 0 Å². The summed E-state index contributed by atoms with van der Waals surface area (Å²) in [5, 5.41) is 2.98. The van der Waals surface area contributed by atoms with Gasteiger partial charge in [0.25, 0.3) is 0 Å². The van der Waals surface area contributed by atoms with Gasteiger partial charge in [-0.3, -0.25) is 4.79 Å². The maximum atomic E-state index is 12.5. The molecule has 1 aliphatic rings. The van der Waals surface area contributed by atoms with Crippen LogP contribution in [0.15, 0.2) is 18.2 Å². The summed E-state index contributed by atoms with van der Waals surface area (Å²) in [6.07, 6.45) is 3.00. The van der Waals surface area contributed by atoms with Gasteiger partial charge in [0.1, 0.15) is 11.5 Å². The summed E-state index contributed by atoms with van der Waals surface area (Å²) in [6.45, 7) is 3.02. The maximum absolute atomic E-state index is 12.5. The first kappa shape index (κ1) is 18.6. The highest BCUT2D eigenvalue weighted by Crippen LogP contribution is 2.34. The fourth-order valence-corrected chi connectivity index (χ4v) is 2.90. The SMILES string of the molecule is CCOc1ccc(OC)cc1NC(=O)[C@@H]1CCC[C@@H]1CN.Cl. The fourth-order valence-electron chi connectivity index (χ4n) is 2.90. The van der Waals surface area contributed by atoms with Crippen LogP contribution in [0.5, 0.6) is 11.5 Å². The van der Waals surface area contributed by atoms with Crippen LogP contribution in [0.3, 0.4) is 0 Å². The second kappa shape index (κ2) is 8.86. The molecule has 1 fully saturated rings. The lowest BCUT2D eigenvalue weighted by Gasteiger charge is -2.19. The highest BCUT2D eigenvalue weighted by atomic mass is 35.5. The molecule has 1 aromatic rings. The average Bonchev–Trinajstić information content (AvgIpc) is 2.97. The van der Waals surface area contributed by atoms with E-state index in [-0.39, 0.29) is 30.2 Å². The number of nitrogens with one attached hydrogen (secondary N) is 1. The van der Waals surface area contributed by atoms with Crippen molar-refractivity contribution < 1.29 is 14.3 Å². The summed E-state index contributed by atoms with van der Waals surface area (Å²) in [4.78, 5) is 12.5. The van der Waals surface area contributed by atoms with Gasteiger partial charge >= 0.3 is 0 Å². The smallest absolute Gasteiger partial charge is 0.227 e. The first-order chi connectivity index (χ1) is 10.2. The van der Waals surface area contributed by atoms with Gasteiger partial charge in [-0.25, -0.2) is 0 Å². The Morgan fingerprint density at radius 3 is 2.82 bits per heavy atom. The van der Waals surface area contributed by atoms with Crippen LogP contribution >= 0.6 is 12.4 Å². The number of nitrogens with two attached hydrogens (primary N) is 1. The van der Waals surface area contributed by atoms with Crippen molar-refractivity contribution >= 4 is 24.0 Å². The highest BCUT2D eigenvalue weighted by molar-refractivity contribution is 5.94. The van der Waals surface area contributed by atoms with Gasteiger partial charge in [0.2, 0.25) is 5.91 Å². The standard InChI is InChI=1S/C16H24N2O3.ClH/c1-3-21-15-8-7-12(20-2)9-14(15)18-16(19)13-6-4-5-11(13)10-17;/h7-9,11,13H,3-6,10,17H2,1-2H3,(H,18,19);1H/t11-,13-;/m1./s1. The second-order valence-electron chi connectivity index (χ2n) is 5.32. The van der Waals surface area contributed by atoms with E-state index in [1.807, 2.05) is 19.1 Å². The molecule has 1 saturated carbocycles. The van der Waals surface area contributed by atoms with Crippen molar-refractivity contribution in [3.05, 3.63) is 18.2 Å². The minimum atomic E-state index is -0.00400. The molecule has 0 aliphatic heterocycles. The molecule has 5 nitrogen and oxygen atoms in total. The van der Waals surface area contributed by atoms with E-state index in [0.29, 0.717) is 30.3 Å². The maximum Gasteiger partial charge on any atom is 0.227 e. The van der Waals surface area contributed by atoms with E-state index in [4.69, 9.17) is 15.2 Å². The summed E-state index contributed by atoms with van der Waals surface area (Å²) >= 11 is 0. The fraction of sp³-hybridized carbons (Fsp3) is 0.562. The second-order valence-corrected chi connectivity index (χ2v) is 5.32. The van der Waals surface area contributed by atoms with Gasteiger partial charge in [-0.2, -0.15) is 0 Å². The topological polar surface area (TPSA) is 73.6 Å². The largest absolute Gasteiger partial charge is 0.497 e. The van der Waals surface area contributed by atoms with Gasteiger partial charge in [-0.1, -0.05) is 6.42 Å². The number of halogens is 1. The summed E-state index contributed by atoms with van der Waals surface area (Å²) in [5.74, 6) is 1.66. The van der Waals surface area contributed by atoms with Crippen LogP contribution < -0.4 is 20.5 Å². The van der Waals surface area contributed by atoms with E-state index in [2.05, 4.69) is 5.32 Å².